The first-order valence-corrected chi connectivity index (χ1v) is 11.7. The second kappa shape index (κ2) is 8.79. The van der Waals surface area contributed by atoms with E-state index in [0.29, 0.717) is 10.6 Å². The monoisotopic (exact) mass is 457 g/mol. The molecule has 0 aliphatic carbocycles. The predicted molar refractivity (Wildman–Crippen MR) is 134 cm³/mol. The highest BCUT2D eigenvalue weighted by Crippen LogP contribution is 2.35. The molecular weight excluding hydrogens is 433 g/mol. The van der Waals surface area contributed by atoms with Crippen molar-refractivity contribution in [2.24, 2.45) is 0 Å². The van der Waals surface area contributed by atoms with Gasteiger partial charge in [-0.2, -0.15) is 0 Å². The maximum atomic E-state index is 14.0. The molecule has 6 heteroatoms. The van der Waals surface area contributed by atoms with Gasteiger partial charge in [-0.05, 0) is 43.7 Å². The maximum absolute atomic E-state index is 14.0. The number of benzene rings is 3. The number of aromatic nitrogens is 1. The number of fused-ring (bicyclic) bond motifs is 1. The molecule has 1 aromatic heterocycles. The van der Waals surface area contributed by atoms with Gasteiger partial charge in [0.05, 0.1) is 10.6 Å². The molecule has 0 spiro atoms. The largest absolute Gasteiger partial charge is 0.354 e. The average molecular weight is 458 g/mol. The van der Waals surface area contributed by atoms with Gasteiger partial charge in [-0.15, -0.1) is 0 Å². The molecule has 2 N–H and O–H groups in total. The van der Waals surface area contributed by atoms with Gasteiger partial charge in [0.25, 0.3) is 5.91 Å². The summed E-state index contributed by atoms with van der Waals surface area (Å²) < 4.78 is 16.3. The third-order valence-corrected chi connectivity index (χ3v) is 6.90. The van der Waals surface area contributed by atoms with Gasteiger partial charge in [0.2, 0.25) is 0 Å². The lowest BCUT2D eigenvalue weighted by Gasteiger charge is -2.13. The molecule has 1 unspecified atom stereocenters. The van der Waals surface area contributed by atoms with Crippen LogP contribution in [0.5, 0.6) is 0 Å². The summed E-state index contributed by atoms with van der Waals surface area (Å²) in [7, 11) is 0. The van der Waals surface area contributed by atoms with Gasteiger partial charge < -0.3 is 15.2 Å². The van der Waals surface area contributed by atoms with Crippen molar-refractivity contribution >= 4 is 40.3 Å². The highest BCUT2D eigenvalue weighted by Gasteiger charge is 2.28. The van der Waals surface area contributed by atoms with Gasteiger partial charge in [-0.3, -0.25) is 4.79 Å². The Hall–Kier alpha value is -3.51. The van der Waals surface area contributed by atoms with E-state index in [9.17, 15) is 9.18 Å². The van der Waals surface area contributed by atoms with Crippen LogP contribution in [0, 0.1) is 19.7 Å². The number of anilines is 1. The van der Waals surface area contributed by atoms with E-state index >= 15 is 0 Å². The maximum Gasteiger partial charge on any atom is 0.260 e. The number of hydrogen-bond acceptors (Lipinski definition) is 3. The van der Waals surface area contributed by atoms with Gasteiger partial charge in [-0.25, -0.2) is 4.39 Å². The second-order valence-corrected chi connectivity index (χ2v) is 9.34. The van der Waals surface area contributed by atoms with Gasteiger partial charge in [0.1, 0.15) is 5.82 Å². The molecule has 4 nitrogen and oxygen atoms in total. The van der Waals surface area contributed by atoms with Gasteiger partial charge >= 0.3 is 0 Å². The summed E-state index contributed by atoms with van der Waals surface area (Å²) in [6.45, 7) is 4.95. The molecule has 0 radical (unpaired) electrons. The quantitative estimate of drug-likeness (QED) is 0.359. The average Bonchev–Trinajstić information content (AvgIpc) is 3.27. The van der Waals surface area contributed by atoms with Crippen molar-refractivity contribution in [2.45, 2.75) is 25.9 Å². The number of nitrogens with zero attached hydrogens (tertiary/aromatic N) is 1. The summed E-state index contributed by atoms with van der Waals surface area (Å²) in [4.78, 5) is 13.3. The lowest BCUT2D eigenvalue weighted by molar-refractivity contribution is -0.116. The van der Waals surface area contributed by atoms with Crippen LogP contribution in [-0.4, -0.2) is 16.0 Å². The fourth-order valence-corrected chi connectivity index (χ4v) is 5.21. The molecule has 2 heterocycles. The number of amides is 1. The van der Waals surface area contributed by atoms with Gasteiger partial charge in [0.15, 0.2) is 5.50 Å². The number of nitrogens with one attached hydrogen (secondary N) is 2. The fraction of sp³-hybridized carbons (Fsp3) is 0.148. The summed E-state index contributed by atoms with van der Waals surface area (Å²) >= 11 is 1.36. The minimum absolute atomic E-state index is 0.163. The van der Waals surface area contributed by atoms with Crippen molar-refractivity contribution in [3.05, 3.63) is 106 Å². The third-order valence-electron chi connectivity index (χ3n) is 5.87. The number of carbonyl (C=O) groups excluding carboxylic acids is 1. The minimum atomic E-state index is -0.429. The van der Waals surface area contributed by atoms with E-state index < -0.39 is 5.50 Å². The highest BCUT2D eigenvalue weighted by molar-refractivity contribution is 8.05. The fourth-order valence-electron chi connectivity index (χ4n) is 4.25. The van der Waals surface area contributed by atoms with E-state index in [1.54, 1.807) is 18.2 Å². The smallest absolute Gasteiger partial charge is 0.260 e. The van der Waals surface area contributed by atoms with Crippen LogP contribution in [-0.2, 0) is 11.3 Å². The molecule has 3 aromatic carbocycles. The van der Waals surface area contributed by atoms with Crippen molar-refractivity contribution in [3.8, 4) is 0 Å². The number of halogens is 1. The number of thioether (sulfide) groups is 1. The minimum Gasteiger partial charge on any atom is -0.354 e. The molecular formula is C27H24FN3OS. The summed E-state index contributed by atoms with van der Waals surface area (Å²) in [5, 5.41) is 7.06. The number of hydrogen-bond donors (Lipinski definition) is 2. The number of carbonyl (C=O) groups is 1. The topological polar surface area (TPSA) is 46.1 Å². The van der Waals surface area contributed by atoms with Crippen LogP contribution < -0.4 is 10.6 Å². The Morgan fingerprint density at radius 2 is 1.85 bits per heavy atom. The zero-order valence-electron chi connectivity index (χ0n) is 18.4. The van der Waals surface area contributed by atoms with Gasteiger partial charge in [0, 0.05) is 28.7 Å². The van der Waals surface area contributed by atoms with E-state index in [0.717, 1.165) is 28.7 Å². The lowest BCUT2D eigenvalue weighted by Crippen LogP contribution is -2.31. The molecule has 1 aliphatic rings. The van der Waals surface area contributed by atoms with Crippen LogP contribution in [0.3, 0.4) is 0 Å². The zero-order valence-corrected chi connectivity index (χ0v) is 19.2. The molecule has 1 aliphatic heterocycles. The summed E-state index contributed by atoms with van der Waals surface area (Å²) in [6, 6.07) is 23.2. The van der Waals surface area contributed by atoms with Gasteiger partial charge in [-0.1, -0.05) is 71.9 Å². The Balaban J connectivity index is 1.48. The zero-order chi connectivity index (χ0) is 22.9. The van der Waals surface area contributed by atoms with Crippen LogP contribution in [0.15, 0.2) is 77.7 Å². The molecule has 0 bridgehead atoms. The summed E-state index contributed by atoms with van der Waals surface area (Å²) in [5.41, 5.74) is 5.67. The SMILES string of the molecule is Cc1cccc(Cn2c(C)c(/C=C3\SC(Nc4ccccc4F)NC3=O)c3ccccc32)c1. The first kappa shape index (κ1) is 21.3. The number of rotatable bonds is 5. The molecule has 5 rings (SSSR count). The van der Waals surface area contributed by atoms with Crippen LogP contribution in [0.4, 0.5) is 10.1 Å². The Morgan fingerprint density at radius 3 is 2.67 bits per heavy atom. The molecule has 1 amide bonds. The molecule has 33 heavy (non-hydrogen) atoms. The summed E-state index contributed by atoms with van der Waals surface area (Å²) in [6.07, 6.45) is 1.95. The number of aryl methyl sites for hydroxylation is 1. The molecule has 1 saturated heterocycles. The first-order valence-electron chi connectivity index (χ1n) is 10.8. The standard InChI is InChI=1S/C27H24FN3OS/c1-17-8-7-9-19(14-17)16-31-18(2)21(20-10-3-6-13-24(20)31)15-25-26(32)30-27(33-25)29-23-12-5-4-11-22(23)28/h3-15,27,29H,16H2,1-2H3,(H,30,32)/b25-15-. The second-order valence-electron chi connectivity index (χ2n) is 8.20. The normalized spacial score (nSPS) is 17.0. The van der Waals surface area contributed by atoms with Crippen LogP contribution in [0.25, 0.3) is 17.0 Å². The van der Waals surface area contributed by atoms with Crippen LogP contribution in [0.1, 0.15) is 22.4 Å². The molecule has 1 fully saturated rings. The highest BCUT2D eigenvalue weighted by atomic mass is 32.2. The molecule has 4 aromatic rings. The van der Waals surface area contributed by atoms with E-state index in [1.807, 2.05) is 18.2 Å². The Morgan fingerprint density at radius 1 is 1.06 bits per heavy atom. The van der Waals surface area contributed by atoms with Crippen molar-refractivity contribution in [2.75, 3.05) is 5.32 Å². The van der Waals surface area contributed by atoms with E-state index in [2.05, 4.69) is 65.4 Å². The van der Waals surface area contributed by atoms with E-state index in [1.165, 1.54) is 29.0 Å². The number of para-hydroxylation sites is 2. The van der Waals surface area contributed by atoms with Crippen molar-refractivity contribution < 1.29 is 9.18 Å². The molecule has 1 atom stereocenters. The predicted octanol–water partition coefficient (Wildman–Crippen LogP) is 6.05. The third kappa shape index (κ3) is 4.26. The van der Waals surface area contributed by atoms with Crippen molar-refractivity contribution in [3.63, 3.8) is 0 Å². The Kier molecular flexibility index (Phi) is 5.68. The Bertz CT molecular complexity index is 1390. The molecule has 0 saturated carbocycles. The van der Waals surface area contributed by atoms with Crippen LogP contribution >= 0.6 is 11.8 Å². The van der Waals surface area contributed by atoms with Crippen molar-refractivity contribution in [1.29, 1.82) is 0 Å². The Labute approximate surface area is 196 Å². The first-order chi connectivity index (χ1) is 16.0. The van der Waals surface area contributed by atoms with E-state index in [-0.39, 0.29) is 11.7 Å². The lowest BCUT2D eigenvalue weighted by atomic mass is 10.1. The molecule has 166 valence electrons. The van der Waals surface area contributed by atoms with E-state index in [4.69, 9.17) is 0 Å². The van der Waals surface area contributed by atoms with Crippen molar-refractivity contribution in [1.82, 2.24) is 9.88 Å². The van der Waals surface area contributed by atoms with Crippen LogP contribution in [0.2, 0.25) is 0 Å². The summed E-state index contributed by atoms with van der Waals surface area (Å²) in [5.74, 6) is -0.511.